The van der Waals surface area contributed by atoms with Gasteiger partial charge in [0.05, 0.1) is 18.1 Å². The number of rotatable bonds is 4. The fourth-order valence-corrected chi connectivity index (χ4v) is 1.78. The molecule has 0 aromatic carbocycles. The zero-order valence-corrected chi connectivity index (χ0v) is 9.56. The van der Waals surface area contributed by atoms with E-state index < -0.39 is 17.6 Å². The Bertz CT molecular complexity index is 291. The Labute approximate surface area is 94.2 Å². The zero-order chi connectivity index (χ0) is 12.3. The summed E-state index contributed by atoms with van der Waals surface area (Å²) in [4.78, 5) is 23.8. The summed E-state index contributed by atoms with van der Waals surface area (Å²) >= 11 is 0. The Balaban J connectivity index is 2.58. The average Bonchev–Trinajstić information content (AvgIpc) is 2.12. The van der Waals surface area contributed by atoms with Crippen LogP contribution in [0.2, 0.25) is 0 Å². The van der Waals surface area contributed by atoms with Crippen LogP contribution in [0.25, 0.3) is 0 Å². The lowest BCUT2D eigenvalue weighted by molar-refractivity contribution is -0.140. The predicted molar refractivity (Wildman–Crippen MR) is 56.9 cm³/mol. The van der Waals surface area contributed by atoms with E-state index in [1.54, 1.807) is 18.7 Å². The van der Waals surface area contributed by atoms with Crippen molar-refractivity contribution in [1.82, 2.24) is 10.2 Å². The molecule has 0 spiro atoms. The van der Waals surface area contributed by atoms with Crippen molar-refractivity contribution in [2.45, 2.75) is 31.9 Å². The number of aliphatic hydroxyl groups is 1. The van der Waals surface area contributed by atoms with Crippen molar-refractivity contribution in [3.63, 3.8) is 0 Å². The Morgan fingerprint density at radius 2 is 2.25 bits per heavy atom. The highest BCUT2D eigenvalue weighted by molar-refractivity contribution is 5.86. The Morgan fingerprint density at radius 1 is 1.62 bits per heavy atom. The van der Waals surface area contributed by atoms with Crippen molar-refractivity contribution in [3.05, 3.63) is 0 Å². The van der Waals surface area contributed by atoms with Crippen LogP contribution in [0, 0.1) is 0 Å². The molecule has 0 aromatic heterocycles. The molecule has 0 saturated carbocycles. The molecule has 6 heteroatoms. The Hall–Kier alpha value is -1.14. The first kappa shape index (κ1) is 12.9. The largest absolute Gasteiger partial charge is 0.481 e. The van der Waals surface area contributed by atoms with Gasteiger partial charge in [-0.2, -0.15) is 0 Å². The van der Waals surface area contributed by atoms with E-state index in [1.807, 2.05) is 0 Å². The van der Waals surface area contributed by atoms with Crippen molar-refractivity contribution >= 4 is 11.9 Å². The maximum atomic E-state index is 11.6. The van der Waals surface area contributed by atoms with Gasteiger partial charge in [0.25, 0.3) is 0 Å². The maximum Gasteiger partial charge on any atom is 0.306 e. The van der Waals surface area contributed by atoms with Crippen molar-refractivity contribution in [1.29, 1.82) is 0 Å². The lowest BCUT2D eigenvalue weighted by Crippen LogP contribution is -2.63. The molecule has 1 atom stereocenters. The summed E-state index contributed by atoms with van der Waals surface area (Å²) in [6, 6.07) is 0. The third-order valence-corrected chi connectivity index (χ3v) is 2.85. The van der Waals surface area contributed by atoms with Crippen LogP contribution in [-0.4, -0.2) is 58.3 Å². The summed E-state index contributed by atoms with van der Waals surface area (Å²) in [6.07, 6.45) is -1.24. The van der Waals surface area contributed by atoms with E-state index in [2.05, 4.69) is 5.32 Å². The smallest absolute Gasteiger partial charge is 0.306 e. The topological polar surface area (TPSA) is 89.9 Å². The average molecular weight is 230 g/mol. The van der Waals surface area contributed by atoms with Gasteiger partial charge in [0, 0.05) is 19.6 Å². The molecule has 16 heavy (non-hydrogen) atoms. The molecule has 1 unspecified atom stereocenters. The third kappa shape index (κ3) is 2.93. The van der Waals surface area contributed by atoms with Gasteiger partial charge in [-0.1, -0.05) is 0 Å². The number of nitrogens with zero attached hydrogens (tertiary/aromatic N) is 1. The minimum absolute atomic E-state index is 0.0960. The number of β-amino-alcohol motifs (C(OH)–C–C–N with tert-alkyl or cyclic N) is 1. The molecule has 1 amide bonds. The molecule has 1 heterocycles. The van der Waals surface area contributed by atoms with Gasteiger partial charge in [-0.05, 0) is 13.8 Å². The van der Waals surface area contributed by atoms with E-state index in [4.69, 9.17) is 5.11 Å². The minimum atomic E-state index is -1.04. The van der Waals surface area contributed by atoms with Crippen LogP contribution in [0.5, 0.6) is 0 Å². The third-order valence-electron chi connectivity index (χ3n) is 2.85. The number of carbonyl (C=O) groups excluding carboxylic acids is 1. The van der Waals surface area contributed by atoms with Crippen molar-refractivity contribution < 1.29 is 19.8 Å². The second-order valence-corrected chi connectivity index (χ2v) is 4.51. The number of hydrogen-bond acceptors (Lipinski definition) is 4. The molecule has 1 saturated heterocycles. The zero-order valence-electron chi connectivity index (χ0n) is 9.56. The number of amides is 1. The fourth-order valence-electron chi connectivity index (χ4n) is 1.78. The maximum absolute atomic E-state index is 11.6. The van der Waals surface area contributed by atoms with E-state index in [0.717, 1.165) is 0 Å². The molecular formula is C10H18N2O4. The molecule has 3 N–H and O–H groups in total. The van der Waals surface area contributed by atoms with Crippen LogP contribution >= 0.6 is 0 Å². The molecule has 0 aliphatic carbocycles. The monoisotopic (exact) mass is 230 g/mol. The summed E-state index contributed by atoms with van der Waals surface area (Å²) in [7, 11) is 0. The van der Waals surface area contributed by atoms with Crippen LogP contribution in [0.1, 0.15) is 20.3 Å². The molecule has 1 aliphatic heterocycles. The molecule has 0 bridgehead atoms. The lowest BCUT2D eigenvalue weighted by Gasteiger charge is -2.41. The van der Waals surface area contributed by atoms with Gasteiger partial charge in [-0.25, -0.2) is 0 Å². The van der Waals surface area contributed by atoms with Crippen molar-refractivity contribution in [2.75, 3.05) is 19.6 Å². The van der Waals surface area contributed by atoms with Gasteiger partial charge in [0.2, 0.25) is 5.91 Å². The van der Waals surface area contributed by atoms with Gasteiger partial charge < -0.3 is 15.5 Å². The normalized spacial score (nSPS) is 22.6. The second-order valence-electron chi connectivity index (χ2n) is 4.51. The molecule has 0 radical (unpaired) electrons. The highest BCUT2D eigenvalue weighted by atomic mass is 16.4. The molecule has 92 valence electrons. The van der Waals surface area contributed by atoms with Gasteiger partial charge >= 0.3 is 5.97 Å². The van der Waals surface area contributed by atoms with Crippen molar-refractivity contribution in [3.8, 4) is 0 Å². The van der Waals surface area contributed by atoms with Crippen molar-refractivity contribution in [2.24, 2.45) is 0 Å². The molecule has 6 nitrogen and oxygen atoms in total. The van der Waals surface area contributed by atoms with Gasteiger partial charge in [0.15, 0.2) is 0 Å². The standard InChI is InChI=1S/C10H18N2O4/c1-10(2)9(16)11-3-4-12(10)6-7(13)5-8(14)15/h7,13H,3-6H2,1-2H3,(H,11,16)(H,14,15). The quantitative estimate of drug-likeness (QED) is 0.578. The first-order chi connectivity index (χ1) is 7.34. The van der Waals surface area contributed by atoms with Crippen LogP contribution in [0.4, 0.5) is 0 Å². The van der Waals surface area contributed by atoms with E-state index in [0.29, 0.717) is 13.1 Å². The summed E-state index contributed by atoms with van der Waals surface area (Å²) < 4.78 is 0. The molecule has 1 fully saturated rings. The number of aliphatic carboxylic acids is 1. The molecular weight excluding hydrogens is 212 g/mol. The number of carboxylic acid groups (broad SMARTS) is 1. The SMILES string of the molecule is CC1(C)C(=O)NCCN1CC(O)CC(=O)O. The van der Waals surface area contributed by atoms with Crippen LogP contribution in [0.15, 0.2) is 0 Å². The summed E-state index contributed by atoms with van der Waals surface area (Å²) in [5.41, 5.74) is -0.697. The van der Waals surface area contributed by atoms with Gasteiger partial charge in [0.1, 0.15) is 0 Å². The lowest BCUT2D eigenvalue weighted by atomic mass is 9.98. The van der Waals surface area contributed by atoms with E-state index in [-0.39, 0.29) is 18.9 Å². The highest BCUT2D eigenvalue weighted by Crippen LogP contribution is 2.18. The van der Waals surface area contributed by atoms with E-state index in [1.165, 1.54) is 0 Å². The summed E-state index contributed by atoms with van der Waals surface area (Å²) in [6.45, 7) is 4.87. The first-order valence-electron chi connectivity index (χ1n) is 5.27. The van der Waals surface area contributed by atoms with Crippen LogP contribution < -0.4 is 5.32 Å². The summed E-state index contributed by atoms with van der Waals surface area (Å²) in [5, 5.41) is 20.8. The fraction of sp³-hybridized carbons (Fsp3) is 0.800. The van der Waals surface area contributed by atoms with Crippen LogP contribution in [0.3, 0.4) is 0 Å². The Kier molecular flexibility index (Phi) is 3.88. The number of carbonyl (C=O) groups is 2. The van der Waals surface area contributed by atoms with E-state index >= 15 is 0 Å². The minimum Gasteiger partial charge on any atom is -0.481 e. The van der Waals surface area contributed by atoms with E-state index in [9.17, 15) is 14.7 Å². The number of nitrogens with one attached hydrogen (secondary N) is 1. The molecule has 1 aliphatic rings. The number of hydrogen-bond donors (Lipinski definition) is 3. The van der Waals surface area contributed by atoms with Gasteiger partial charge in [-0.3, -0.25) is 14.5 Å². The first-order valence-corrected chi connectivity index (χ1v) is 5.27. The number of piperazine rings is 1. The Morgan fingerprint density at radius 3 is 2.81 bits per heavy atom. The summed E-state index contributed by atoms with van der Waals surface area (Å²) in [5.74, 6) is -1.13. The number of carboxylic acids is 1. The molecule has 0 aromatic rings. The second kappa shape index (κ2) is 4.80. The highest BCUT2D eigenvalue weighted by Gasteiger charge is 2.38. The van der Waals surface area contributed by atoms with Crippen LogP contribution in [-0.2, 0) is 9.59 Å². The predicted octanol–water partition coefficient (Wildman–Crippen LogP) is -0.968. The van der Waals surface area contributed by atoms with Gasteiger partial charge in [-0.15, -0.1) is 0 Å². The number of aliphatic hydroxyl groups excluding tert-OH is 1. The molecule has 1 rings (SSSR count).